The van der Waals surface area contributed by atoms with Crippen molar-refractivity contribution in [1.82, 2.24) is 9.80 Å². The molecule has 1 aliphatic rings. The molecular weight excluding hydrogens is 365 g/mol. The van der Waals surface area contributed by atoms with E-state index in [2.05, 4.69) is 23.2 Å². The maximum absolute atomic E-state index is 5.52. The zero-order chi connectivity index (χ0) is 13.8. The predicted octanol–water partition coefficient (Wildman–Crippen LogP) is 2.26. The minimum absolute atomic E-state index is 0. The number of rotatable bonds is 3. The first-order valence-electron chi connectivity index (χ1n) is 6.71. The van der Waals surface area contributed by atoms with Crippen LogP contribution in [0.4, 0.5) is 0 Å². The van der Waals surface area contributed by atoms with Gasteiger partial charge in [-0.15, -0.1) is 24.0 Å². The van der Waals surface area contributed by atoms with Crippen molar-refractivity contribution in [2.75, 3.05) is 41.3 Å². The van der Waals surface area contributed by atoms with Crippen LogP contribution in [0.25, 0.3) is 0 Å². The van der Waals surface area contributed by atoms with E-state index in [-0.39, 0.29) is 24.0 Å². The third kappa shape index (κ3) is 4.26. The molecule has 1 aromatic carbocycles. The lowest BCUT2D eigenvalue weighted by atomic mass is 10.1. The van der Waals surface area contributed by atoms with E-state index in [0.29, 0.717) is 0 Å². The number of halogens is 1. The summed E-state index contributed by atoms with van der Waals surface area (Å²) in [5.74, 6) is 2.05. The lowest BCUT2D eigenvalue weighted by Gasteiger charge is -2.22. The maximum atomic E-state index is 5.52. The van der Waals surface area contributed by atoms with Crippen LogP contribution in [-0.2, 0) is 12.8 Å². The van der Waals surface area contributed by atoms with Crippen molar-refractivity contribution in [3.05, 3.63) is 29.3 Å². The van der Waals surface area contributed by atoms with Crippen molar-refractivity contribution >= 4 is 29.9 Å². The lowest BCUT2D eigenvalue weighted by Crippen LogP contribution is -2.35. The van der Waals surface area contributed by atoms with Crippen molar-refractivity contribution in [2.45, 2.75) is 12.8 Å². The molecule has 20 heavy (non-hydrogen) atoms. The second-order valence-electron chi connectivity index (χ2n) is 5.26. The molecule has 0 saturated heterocycles. The smallest absolute Gasteiger partial charge is 0.195 e. The molecule has 0 saturated carbocycles. The Morgan fingerprint density at radius 2 is 1.90 bits per heavy atom. The van der Waals surface area contributed by atoms with Gasteiger partial charge >= 0.3 is 0 Å². The highest BCUT2D eigenvalue weighted by molar-refractivity contribution is 14.0. The molecule has 112 valence electrons. The quantitative estimate of drug-likeness (QED) is 0.451. The maximum Gasteiger partial charge on any atom is 0.195 e. The molecule has 1 aliphatic heterocycles. The third-order valence-electron chi connectivity index (χ3n) is 3.21. The van der Waals surface area contributed by atoms with Crippen molar-refractivity contribution in [3.8, 4) is 5.75 Å². The molecular formula is C15H24IN3O. The molecule has 0 amide bonds. The average Bonchev–Trinajstić information content (AvgIpc) is 2.80. The fourth-order valence-electron chi connectivity index (χ4n) is 2.36. The fraction of sp³-hybridized carbons (Fsp3) is 0.533. The molecule has 5 heteroatoms. The predicted molar refractivity (Wildman–Crippen MR) is 94.4 cm³/mol. The molecule has 0 atom stereocenters. The lowest BCUT2D eigenvalue weighted by molar-refractivity contribution is 0.357. The van der Waals surface area contributed by atoms with Crippen LogP contribution in [-0.4, -0.2) is 57.1 Å². The third-order valence-corrected chi connectivity index (χ3v) is 3.21. The minimum Gasteiger partial charge on any atom is -0.493 e. The second-order valence-corrected chi connectivity index (χ2v) is 5.26. The largest absolute Gasteiger partial charge is 0.493 e. The van der Waals surface area contributed by atoms with Crippen LogP contribution in [0.2, 0.25) is 0 Å². The first-order valence-corrected chi connectivity index (χ1v) is 6.71. The summed E-state index contributed by atoms with van der Waals surface area (Å²) < 4.78 is 5.52. The Bertz CT molecular complexity index is 462. The highest BCUT2D eigenvalue weighted by Gasteiger charge is 2.11. The molecule has 0 radical (unpaired) electrons. The summed E-state index contributed by atoms with van der Waals surface area (Å²) in [7, 11) is 8.08. The number of fused-ring (bicyclic) bond motifs is 1. The summed E-state index contributed by atoms with van der Waals surface area (Å²) in [5.41, 5.74) is 2.67. The average molecular weight is 389 g/mol. The van der Waals surface area contributed by atoms with E-state index >= 15 is 0 Å². The molecule has 0 spiro atoms. The zero-order valence-corrected chi connectivity index (χ0v) is 15.0. The van der Waals surface area contributed by atoms with Gasteiger partial charge in [0.05, 0.1) is 6.61 Å². The van der Waals surface area contributed by atoms with Crippen molar-refractivity contribution in [2.24, 2.45) is 4.99 Å². The van der Waals surface area contributed by atoms with Crippen LogP contribution < -0.4 is 4.74 Å². The molecule has 0 aliphatic carbocycles. The summed E-state index contributed by atoms with van der Waals surface area (Å²) in [6.45, 7) is 1.63. The van der Waals surface area contributed by atoms with Crippen molar-refractivity contribution in [3.63, 3.8) is 0 Å². The van der Waals surface area contributed by atoms with E-state index in [9.17, 15) is 0 Å². The first-order chi connectivity index (χ1) is 9.08. The summed E-state index contributed by atoms with van der Waals surface area (Å²) >= 11 is 0. The Hall–Kier alpha value is -0.980. The number of hydrogen-bond donors (Lipinski definition) is 0. The van der Waals surface area contributed by atoms with E-state index < -0.39 is 0 Å². The topological polar surface area (TPSA) is 28.1 Å². The van der Waals surface area contributed by atoms with E-state index in [4.69, 9.17) is 4.74 Å². The Balaban J connectivity index is 0.00000200. The van der Waals surface area contributed by atoms with Crippen molar-refractivity contribution < 1.29 is 4.74 Å². The minimum atomic E-state index is 0. The molecule has 0 N–H and O–H groups in total. The van der Waals surface area contributed by atoms with E-state index in [1.807, 2.05) is 38.0 Å². The van der Waals surface area contributed by atoms with Gasteiger partial charge in [0.2, 0.25) is 0 Å². The van der Waals surface area contributed by atoms with Gasteiger partial charge in [-0.3, -0.25) is 4.99 Å². The van der Waals surface area contributed by atoms with Gasteiger partial charge in [-0.2, -0.15) is 0 Å². The van der Waals surface area contributed by atoms with Gasteiger partial charge < -0.3 is 14.5 Å². The number of nitrogens with zero attached hydrogens (tertiary/aromatic N) is 3. The second kappa shape index (κ2) is 7.71. The first kappa shape index (κ1) is 17.1. The van der Waals surface area contributed by atoms with Crippen LogP contribution in [0, 0.1) is 0 Å². The number of hydrogen-bond acceptors (Lipinski definition) is 2. The van der Waals surface area contributed by atoms with E-state index in [1.165, 1.54) is 11.1 Å². The van der Waals surface area contributed by atoms with Crippen LogP contribution in [0.15, 0.2) is 23.2 Å². The van der Waals surface area contributed by atoms with Gasteiger partial charge in [0.15, 0.2) is 5.96 Å². The molecule has 4 nitrogen and oxygen atoms in total. The number of benzene rings is 1. The van der Waals surface area contributed by atoms with Crippen molar-refractivity contribution in [1.29, 1.82) is 0 Å². The van der Waals surface area contributed by atoms with E-state index in [0.717, 1.165) is 37.7 Å². The number of ether oxygens (including phenoxy) is 1. The summed E-state index contributed by atoms with van der Waals surface area (Å²) in [6, 6.07) is 6.48. The van der Waals surface area contributed by atoms with Crippen LogP contribution in [0.1, 0.15) is 11.1 Å². The SMILES string of the molecule is CN(C)C(=NCCc1ccc2c(c1)CCO2)N(C)C.I. The Morgan fingerprint density at radius 3 is 2.55 bits per heavy atom. The van der Waals surface area contributed by atoms with Gasteiger partial charge in [0.25, 0.3) is 0 Å². The molecule has 0 fully saturated rings. The highest BCUT2D eigenvalue weighted by atomic mass is 127. The van der Waals surface area contributed by atoms with Gasteiger partial charge in [0, 0.05) is 41.2 Å². The van der Waals surface area contributed by atoms with Gasteiger partial charge in [0.1, 0.15) is 5.75 Å². The normalized spacial score (nSPS) is 12.0. The standard InChI is InChI=1S/C15H23N3O.HI/c1-17(2)15(18(3)4)16-9-7-12-5-6-14-13(11-12)8-10-19-14;/h5-6,11H,7-10H2,1-4H3;1H. The number of guanidine groups is 1. The monoisotopic (exact) mass is 389 g/mol. The van der Waals surface area contributed by atoms with Crippen LogP contribution in [0.3, 0.4) is 0 Å². The molecule has 0 unspecified atom stereocenters. The Kier molecular flexibility index (Phi) is 6.58. The summed E-state index contributed by atoms with van der Waals surface area (Å²) in [5, 5.41) is 0. The Morgan fingerprint density at radius 1 is 1.20 bits per heavy atom. The molecule has 2 rings (SSSR count). The summed E-state index contributed by atoms with van der Waals surface area (Å²) in [4.78, 5) is 8.73. The van der Waals surface area contributed by atoms with Crippen LogP contribution >= 0.6 is 24.0 Å². The van der Waals surface area contributed by atoms with Crippen LogP contribution in [0.5, 0.6) is 5.75 Å². The zero-order valence-electron chi connectivity index (χ0n) is 12.7. The van der Waals surface area contributed by atoms with Gasteiger partial charge in [-0.05, 0) is 23.6 Å². The Labute approximate surface area is 138 Å². The van der Waals surface area contributed by atoms with E-state index in [1.54, 1.807) is 0 Å². The molecule has 0 aromatic heterocycles. The van der Waals surface area contributed by atoms with Gasteiger partial charge in [-0.1, -0.05) is 12.1 Å². The highest BCUT2D eigenvalue weighted by Crippen LogP contribution is 2.25. The molecule has 1 heterocycles. The number of aliphatic imine (C=N–C) groups is 1. The molecule has 1 aromatic rings. The summed E-state index contributed by atoms with van der Waals surface area (Å²) in [6.07, 6.45) is 2.01. The van der Waals surface area contributed by atoms with Gasteiger partial charge in [-0.25, -0.2) is 0 Å². The molecule has 0 bridgehead atoms. The fourth-order valence-corrected chi connectivity index (χ4v) is 2.36.